The molecule has 1 heterocycles. The molecule has 0 aliphatic carbocycles. The van der Waals surface area contributed by atoms with E-state index in [1.54, 1.807) is 0 Å². The highest BCUT2D eigenvalue weighted by Gasteiger charge is 2.34. The molecule has 0 aromatic heterocycles. The number of benzene rings is 2. The Labute approximate surface area is 137 Å². The van der Waals surface area contributed by atoms with Gasteiger partial charge in [0.15, 0.2) is 0 Å². The van der Waals surface area contributed by atoms with Crippen LogP contribution < -0.4 is 0 Å². The smallest absolute Gasteiger partial charge is 0.326 e. The predicted molar refractivity (Wildman–Crippen MR) is 84.5 cm³/mol. The largest absolute Gasteiger partial charge is 0.480 e. The van der Waals surface area contributed by atoms with Crippen LogP contribution in [0.1, 0.15) is 21.5 Å². The van der Waals surface area contributed by atoms with Crippen molar-refractivity contribution < 1.29 is 19.6 Å². The average Bonchev–Trinajstić information content (AvgIpc) is 2.60. The maximum absolute atomic E-state index is 12.7. The molecule has 122 valence electrons. The van der Waals surface area contributed by atoms with Crippen LogP contribution in [0.3, 0.4) is 0 Å². The second kappa shape index (κ2) is 6.11. The van der Waals surface area contributed by atoms with Gasteiger partial charge in [-0.1, -0.05) is 24.3 Å². The summed E-state index contributed by atoms with van der Waals surface area (Å²) in [6.07, 6.45) is 0.240. The molecule has 0 saturated carbocycles. The molecule has 7 heteroatoms. The van der Waals surface area contributed by atoms with Gasteiger partial charge in [0, 0.05) is 30.7 Å². The Bertz CT molecular complexity index is 816. The molecule has 0 fully saturated rings. The average molecular weight is 326 g/mol. The first-order chi connectivity index (χ1) is 11.5. The molecule has 1 aliphatic heterocycles. The molecular formula is C17H14N2O5. The van der Waals surface area contributed by atoms with Crippen LogP contribution in [-0.4, -0.2) is 32.8 Å². The minimum absolute atomic E-state index is 0.120. The zero-order valence-corrected chi connectivity index (χ0v) is 12.6. The van der Waals surface area contributed by atoms with Crippen molar-refractivity contribution in [2.24, 2.45) is 0 Å². The summed E-state index contributed by atoms with van der Waals surface area (Å²) in [7, 11) is 0. The number of hydrogen-bond acceptors (Lipinski definition) is 4. The van der Waals surface area contributed by atoms with Crippen molar-refractivity contribution in [1.29, 1.82) is 0 Å². The van der Waals surface area contributed by atoms with E-state index in [-0.39, 0.29) is 24.2 Å². The van der Waals surface area contributed by atoms with Crippen LogP contribution in [0.2, 0.25) is 0 Å². The lowest BCUT2D eigenvalue weighted by Crippen LogP contribution is -2.48. The summed E-state index contributed by atoms with van der Waals surface area (Å²) >= 11 is 0. The third-order valence-corrected chi connectivity index (χ3v) is 4.12. The second-order valence-corrected chi connectivity index (χ2v) is 5.56. The van der Waals surface area contributed by atoms with Gasteiger partial charge in [0.25, 0.3) is 11.6 Å². The van der Waals surface area contributed by atoms with Crippen molar-refractivity contribution in [3.63, 3.8) is 0 Å². The monoisotopic (exact) mass is 326 g/mol. The van der Waals surface area contributed by atoms with Gasteiger partial charge in [-0.05, 0) is 23.3 Å². The van der Waals surface area contributed by atoms with Crippen molar-refractivity contribution in [1.82, 2.24) is 4.90 Å². The van der Waals surface area contributed by atoms with E-state index in [0.29, 0.717) is 0 Å². The highest BCUT2D eigenvalue weighted by molar-refractivity contribution is 5.97. The maximum atomic E-state index is 12.7. The number of nitro groups is 1. The molecule has 2 aromatic rings. The second-order valence-electron chi connectivity index (χ2n) is 5.56. The van der Waals surface area contributed by atoms with Crippen LogP contribution in [0.4, 0.5) is 5.69 Å². The molecule has 0 saturated heterocycles. The van der Waals surface area contributed by atoms with E-state index < -0.39 is 22.8 Å². The van der Waals surface area contributed by atoms with E-state index in [9.17, 15) is 24.8 Å². The van der Waals surface area contributed by atoms with Crippen molar-refractivity contribution in [2.45, 2.75) is 19.0 Å². The minimum Gasteiger partial charge on any atom is -0.480 e. The summed E-state index contributed by atoms with van der Waals surface area (Å²) in [6.45, 7) is 0.197. The maximum Gasteiger partial charge on any atom is 0.326 e. The number of carboxylic acids is 1. The molecule has 0 spiro atoms. The number of fused-ring (bicyclic) bond motifs is 1. The normalized spacial score (nSPS) is 16.3. The highest BCUT2D eigenvalue weighted by Crippen LogP contribution is 2.25. The molecule has 1 amide bonds. The van der Waals surface area contributed by atoms with Crippen LogP contribution in [0.15, 0.2) is 48.5 Å². The molecule has 1 aliphatic rings. The Hall–Kier alpha value is -3.22. The predicted octanol–water partition coefficient (Wildman–Crippen LogP) is 2.25. The van der Waals surface area contributed by atoms with Gasteiger partial charge in [-0.25, -0.2) is 4.79 Å². The van der Waals surface area contributed by atoms with Crippen LogP contribution in [0, 0.1) is 10.1 Å². The fraction of sp³-hybridized carbons (Fsp3) is 0.176. The molecule has 1 unspecified atom stereocenters. The molecule has 2 aromatic carbocycles. The Morgan fingerprint density at radius 3 is 2.29 bits per heavy atom. The number of rotatable bonds is 3. The first-order valence-electron chi connectivity index (χ1n) is 7.32. The highest BCUT2D eigenvalue weighted by atomic mass is 16.6. The first-order valence-corrected chi connectivity index (χ1v) is 7.32. The molecule has 0 bridgehead atoms. The lowest BCUT2D eigenvalue weighted by atomic mass is 9.93. The van der Waals surface area contributed by atoms with E-state index in [1.165, 1.54) is 29.2 Å². The topological polar surface area (TPSA) is 101 Å². The quantitative estimate of drug-likeness (QED) is 0.688. The Morgan fingerprint density at radius 1 is 1.08 bits per heavy atom. The number of carbonyl (C=O) groups is 2. The van der Waals surface area contributed by atoms with Crippen molar-refractivity contribution >= 4 is 17.6 Å². The van der Waals surface area contributed by atoms with Crippen LogP contribution in [-0.2, 0) is 17.8 Å². The zero-order valence-electron chi connectivity index (χ0n) is 12.6. The summed E-state index contributed by atoms with van der Waals surface area (Å²) in [4.78, 5) is 35.7. The molecule has 3 rings (SSSR count). The third-order valence-electron chi connectivity index (χ3n) is 4.12. The van der Waals surface area contributed by atoms with Gasteiger partial charge in [0.2, 0.25) is 0 Å². The van der Waals surface area contributed by atoms with Gasteiger partial charge in [0.1, 0.15) is 6.04 Å². The van der Waals surface area contributed by atoms with Gasteiger partial charge in [-0.15, -0.1) is 0 Å². The van der Waals surface area contributed by atoms with E-state index in [1.807, 2.05) is 24.3 Å². The molecule has 24 heavy (non-hydrogen) atoms. The Morgan fingerprint density at radius 2 is 1.71 bits per heavy atom. The molecular weight excluding hydrogens is 312 g/mol. The van der Waals surface area contributed by atoms with Gasteiger partial charge in [-0.3, -0.25) is 14.9 Å². The van der Waals surface area contributed by atoms with Gasteiger partial charge < -0.3 is 10.0 Å². The number of hydrogen-bond donors (Lipinski definition) is 1. The Balaban J connectivity index is 1.92. The number of carboxylic acid groups (broad SMARTS) is 1. The van der Waals surface area contributed by atoms with E-state index >= 15 is 0 Å². The van der Waals surface area contributed by atoms with Crippen LogP contribution >= 0.6 is 0 Å². The first kappa shape index (κ1) is 15.7. The van der Waals surface area contributed by atoms with E-state index in [4.69, 9.17) is 0 Å². The number of aliphatic carboxylic acids is 1. The fourth-order valence-corrected chi connectivity index (χ4v) is 2.85. The van der Waals surface area contributed by atoms with Gasteiger partial charge in [0.05, 0.1) is 4.92 Å². The molecule has 1 atom stereocenters. The van der Waals surface area contributed by atoms with Crippen molar-refractivity contribution in [3.8, 4) is 0 Å². The standard InChI is InChI=1S/C17H14N2O5/c20-16(11-5-7-14(8-6-11)19(23)24)18-10-13-4-2-1-3-12(13)9-15(18)17(21)22/h1-8,15H,9-10H2,(H,21,22). The van der Waals surface area contributed by atoms with E-state index in [0.717, 1.165) is 11.1 Å². The van der Waals surface area contributed by atoms with Crippen LogP contribution in [0.25, 0.3) is 0 Å². The van der Waals surface area contributed by atoms with Crippen LogP contribution in [0.5, 0.6) is 0 Å². The summed E-state index contributed by atoms with van der Waals surface area (Å²) < 4.78 is 0. The fourth-order valence-electron chi connectivity index (χ4n) is 2.85. The Kier molecular flexibility index (Phi) is 3.99. The number of nitro benzene ring substituents is 1. The lowest BCUT2D eigenvalue weighted by molar-refractivity contribution is -0.384. The lowest BCUT2D eigenvalue weighted by Gasteiger charge is -2.34. The van der Waals surface area contributed by atoms with Gasteiger partial charge in [-0.2, -0.15) is 0 Å². The summed E-state index contributed by atoms with van der Waals surface area (Å²) in [5, 5.41) is 20.2. The number of nitrogens with zero attached hydrogens (tertiary/aromatic N) is 2. The summed E-state index contributed by atoms with van der Waals surface area (Å²) in [6, 6.07) is 11.6. The number of carbonyl (C=O) groups excluding carboxylic acids is 1. The summed E-state index contributed by atoms with van der Waals surface area (Å²) in [5.41, 5.74) is 1.93. The zero-order chi connectivity index (χ0) is 17.3. The van der Waals surface area contributed by atoms with Crippen molar-refractivity contribution in [2.75, 3.05) is 0 Å². The SMILES string of the molecule is O=C(O)C1Cc2ccccc2CN1C(=O)c1ccc([N+](=O)[O-])cc1. The molecule has 1 N–H and O–H groups in total. The molecule has 0 radical (unpaired) electrons. The van der Waals surface area contributed by atoms with Gasteiger partial charge >= 0.3 is 5.97 Å². The van der Waals surface area contributed by atoms with E-state index in [2.05, 4.69) is 0 Å². The van der Waals surface area contributed by atoms with Crippen molar-refractivity contribution in [3.05, 3.63) is 75.3 Å². The molecule has 7 nitrogen and oxygen atoms in total. The summed E-state index contributed by atoms with van der Waals surface area (Å²) in [5.74, 6) is -1.52. The minimum atomic E-state index is -1.07. The number of non-ortho nitro benzene ring substituents is 1. The number of amides is 1. The third kappa shape index (κ3) is 2.83.